The van der Waals surface area contributed by atoms with E-state index >= 15 is 0 Å². The van der Waals surface area contributed by atoms with Gasteiger partial charge in [-0.3, -0.25) is 4.79 Å². The number of hydrogen-bond donors (Lipinski definition) is 1. The molecule has 3 nitrogen and oxygen atoms in total. The van der Waals surface area contributed by atoms with E-state index in [1.807, 2.05) is 12.1 Å². The van der Waals surface area contributed by atoms with Gasteiger partial charge in [0.2, 0.25) is 5.91 Å². The second-order valence-electron chi connectivity index (χ2n) is 7.98. The van der Waals surface area contributed by atoms with E-state index in [2.05, 4.69) is 43.2 Å². The Bertz CT molecular complexity index is 558. The maximum atomic E-state index is 12.4. The Morgan fingerprint density at radius 1 is 1.21 bits per heavy atom. The molecule has 24 heavy (non-hydrogen) atoms. The van der Waals surface area contributed by atoms with Gasteiger partial charge in [0.15, 0.2) is 0 Å². The van der Waals surface area contributed by atoms with Gasteiger partial charge in [-0.25, -0.2) is 0 Å². The Morgan fingerprint density at radius 2 is 1.79 bits per heavy atom. The third kappa shape index (κ3) is 3.94. The molecule has 0 aliphatic carbocycles. The van der Waals surface area contributed by atoms with E-state index in [9.17, 15) is 4.79 Å². The van der Waals surface area contributed by atoms with Crippen LogP contribution in [0.25, 0.3) is 0 Å². The number of amides is 1. The van der Waals surface area contributed by atoms with Crippen LogP contribution in [0.4, 0.5) is 0 Å². The summed E-state index contributed by atoms with van der Waals surface area (Å²) >= 11 is 6.06. The molecule has 2 bridgehead atoms. The number of benzene rings is 1. The highest BCUT2D eigenvalue weighted by Crippen LogP contribution is 2.42. The molecule has 1 aromatic rings. The quantitative estimate of drug-likeness (QED) is 0.854. The third-order valence-corrected chi connectivity index (χ3v) is 6.00. The summed E-state index contributed by atoms with van der Waals surface area (Å²) in [5.41, 5.74) is 1.19. The number of halogens is 1. The van der Waals surface area contributed by atoms with E-state index in [1.165, 1.54) is 31.2 Å². The normalized spacial score (nSPS) is 28.1. The lowest BCUT2D eigenvalue weighted by Crippen LogP contribution is -2.44. The minimum Gasteiger partial charge on any atom is -0.349 e. The number of hydrogen-bond acceptors (Lipinski definition) is 2. The molecule has 132 valence electrons. The topological polar surface area (TPSA) is 32.3 Å². The number of carbonyl (C=O) groups is 1. The molecule has 2 fully saturated rings. The third-order valence-electron chi connectivity index (χ3n) is 5.75. The van der Waals surface area contributed by atoms with E-state index in [1.54, 1.807) is 0 Å². The summed E-state index contributed by atoms with van der Waals surface area (Å²) in [4.78, 5) is 15.0. The number of nitrogens with zero attached hydrogens (tertiary/aromatic N) is 1. The first-order chi connectivity index (χ1) is 11.4. The van der Waals surface area contributed by atoms with Crippen LogP contribution in [0.2, 0.25) is 5.02 Å². The van der Waals surface area contributed by atoms with E-state index in [4.69, 9.17) is 11.6 Å². The van der Waals surface area contributed by atoms with Gasteiger partial charge in [-0.2, -0.15) is 0 Å². The van der Waals surface area contributed by atoms with Gasteiger partial charge in [0.05, 0.1) is 6.04 Å². The van der Waals surface area contributed by atoms with Crippen LogP contribution < -0.4 is 5.32 Å². The van der Waals surface area contributed by atoms with Crippen molar-refractivity contribution < 1.29 is 4.79 Å². The number of piperidine rings is 1. The Kier molecular flexibility index (Phi) is 5.51. The standard InChI is InChI=1S/C20H29ClN2O/c1-13(2)10-19(24)22-20(14-4-6-16(21)7-5-14)15-11-17-8-9-18(12-15)23(17)3/h4-7,13,15,17-18,20H,8-12H2,1-3H3,(H,22,24)/t15?,17-,18+,20-/m0/s1. The second kappa shape index (κ2) is 7.45. The van der Waals surface area contributed by atoms with Gasteiger partial charge in [0, 0.05) is 23.5 Å². The van der Waals surface area contributed by atoms with Crippen LogP contribution >= 0.6 is 11.6 Å². The summed E-state index contributed by atoms with van der Waals surface area (Å²) in [6.45, 7) is 4.18. The van der Waals surface area contributed by atoms with Crippen molar-refractivity contribution in [2.24, 2.45) is 11.8 Å². The SMILES string of the molecule is CC(C)CC(=O)N[C@@H](c1ccc(Cl)cc1)C1C[C@H]2CC[C@@H](C1)N2C. The first-order valence-corrected chi connectivity index (χ1v) is 9.58. The number of rotatable bonds is 5. The van der Waals surface area contributed by atoms with Crippen LogP contribution in [0.5, 0.6) is 0 Å². The smallest absolute Gasteiger partial charge is 0.220 e. The minimum absolute atomic E-state index is 0.102. The lowest BCUT2D eigenvalue weighted by molar-refractivity contribution is -0.123. The zero-order chi connectivity index (χ0) is 17.3. The molecule has 3 rings (SSSR count). The summed E-state index contributed by atoms with van der Waals surface area (Å²) in [7, 11) is 2.26. The van der Waals surface area contributed by atoms with Crippen LogP contribution in [0, 0.1) is 11.8 Å². The molecule has 2 aliphatic heterocycles. The van der Waals surface area contributed by atoms with Gasteiger partial charge < -0.3 is 10.2 Å². The van der Waals surface area contributed by atoms with E-state index in [0.717, 1.165) is 5.02 Å². The molecular formula is C20H29ClN2O. The largest absolute Gasteiger partial charge is 0.349 e. The second-order valence-corrected chi connectivity index (χ2v) is 8.41. The van der Waals surface area contributed by atoms with Crippen molar-refractivity contribution in [2.75, 3.05) is 7.05 Å². The molecule has 1 N–H and O–H groups in total. The lowest BCUT2D eigenvalue weighted by Gasteiger charge is -2.40. The molecular weight excluding hydrogens is 320 g/mol. The highest BCUT2D eigenvalue weighted by molar-refractivity contribution is 6.30. The van der Waals surface area contributed by atoms with Gasteiger partial charge in [-0.1, -0.05) is 37.6 Å². The highest BCUT2D eigenvalue weighted by Gasteiger charge is 2.41. The minimum atomic E-state index is 0.102. The van der Waals surface area contributed by atoms with Crippen molar-refractivity contribution in [2.45, 2.75) is 64.1 Å². The molecule has 0 aromatic heterocycles. The molecule has 1 unspecified atom stereocenters. The summed E-state index contributed by atoms with van der Waals surface area (Å²) in [5.74, 6) is 1.05. The number of carbonyl (C=O) groups excluding carboxylic acids is 1. The van der Waals surface area contributed by atoms with E-state index < -0.39 is 0 Å². The predicted octanol–water partition coefficient (Wildman–Crippen LogP) is 4.42. The summed E-state index contributed by atoms with van der Waals surface area (Å²) in [5, 5.41) is 4.08. The Hall–Kier alpha value is -1.06. The predicted molar refractivity (Wildman–Crippen MR) is 99.1 cm³/mol. The number of fused-ring (bicyclic) bond motifs is 2. The van der Waals surface area contributed by atoms with Crippen LogP contribution in [0.1, 0.15) is 57.6 Å². The van der Waals surface area contributed by atoms with Crippen molar-refractivity contribution in [3.8, 4) is 0 Å². The highest BCUT2D eigenvalue weighted by atomic mass is 35.5. The maximum Gasteiger partial charge on any atom is 0.220 e. The Labute approximate surface area is 150 Å². The average Bonchev–Trinajstić information content (AvgIpc) is 2.74. The molecule has 1 amide bonds. The molecule has 0 saturated carbocycles. The van der Waals surface area contributed by atoms with Gasteiger partial charge in [0.1, 0.15) is 0 Å². The molecule has 4 heteroatoms. The molecule has 2 saturated heterocycles. The maximum absolute atomic E-state index is 12.4. The molecule has 4 atom stereocenters. The monoisotopic (exact) mass is 348 g/mol. The molecule has 2 heterocycles. The van der Waals surface area contributed by atoms with Gasteiger partial charge >= 0.3 is 0 Å². The van der Waals surface area contributed by atoms with Gasteiger partial charge in [-0.15, -0.1) is 0 Å². The van der Waals surface area contributed by atoms with Crippen molar-refractivity contribution in [3.05, 3.63) is 34.9 Å². The Morgan fingerprint density at radius 3 is 2.33 bits per heavy atom. The first-order valence-electron chi connectivity index (χ1n) is 9.20. The zero-order valence-corrected chi connectivity index (χ0v) is 15.7. The lowest BCUT2D eigenvalue weighted by atomic mass is 9.82. The average molecular weight is 349 g/mol. The van der Waals surface area contributed by atoms with Gasteiger partial charge in [-0.05, 0) is 62.3 Å². The summed E-state index contributed by atoms with van der Waals surface area (Å²) in [6, 6.07) is 9.46. The molecule has 0 spiro atoms. The molecule has 1 aromatic carbocycles. The fourth-order valence-electron chi connectivity index (χ4n) is 4.47. The first kappa shape index (κ1) is 17.8. The Balaban J connectivity index is 1.79. The molecule has 0 radical (unpaired) electrons. The van der Waals surface area contributed by atoms with Crippen molar-refractivity contribution in [1.82, 2.24) is 10.2 Å². The number of nitrogens with one attached hydrogen (secondary N) is 1. The van der Waals surface area contributed by atoms with Gasteiger partial charge in [0.25, 0.3) is 0 Å². The summed E-state index contributed by atoms with van der Waals surface area (Å²) in [6.07, 6.45) is 5.52. The fourth-order valence-corrected chi connectivity index (χ4v) is 4.60. The van der Waals surface area contributed by atoms with E-state index in [-0.39, 0.29) is 11.9 Å². The van der Waals surface area contributed by atoms with Crippen LogP contribution in [0.3, 0.4) is 0 Å². The fraction of sp³-hybridized carbons (Fsp3) is 0.650. The van der Waals surface area contributed by atoms with Crippen molar-refractivity contribution >= 4 is 17.5 Å². The van der Waals surface area contributed by atoms with E-state index in [0.29, 0.717) is 30.3 Å². The zero-order valence-electron chi connectivity index (χ0n) is 15.0. The van der Waals surface area contributed by atoms with Crippen LogP contribution in [-0.4, -0.2) is 29.9 Å². The van der Waals surface area contributed by atoms with Crippen LogP contribution in [-0.2, 0) is 4.79 Å². The molecule has 2 aliphatic rings. The van der Waals surface area contributed by atoms with Crippen LogP contribution in [0.15, 0.2) is 24.3 Å². The van der Waals surface area contributed by atoms with Crippen molar-refractivity contribution in [3.63, 3.8) is 0 Å². The summed E-state index contributed by atoms with van der Waals surface area (Å²) < 4.78 is 0. The van der Waals surface area contributed by atoms with Crippen molar-refractivity contribution in [1.29, 1.82) is 0 Å².